The zero-order valence-electron chi connectivity index (χ0n) is 19.1. The lowest BCUT2D eigenvalue weighted by Gasteiger charge is -2.24. The highest BCUT2D eigenvalue weighted by molar-refractivity contribution is 6.30. The van der Waals surface area contributed by atoms with Crippen LogP contribution in [0.3, 0.4) is 0 Å². The van der Waals surface area contributed by atoms with Crippen molar-refractivity contribution in [2.24, 2.45) is 0 Å². The van der Waals surface area contributed by atoms with E-state index < -0.39 is 29.7 Å². The molecule has 35 heavy (non-hydrogen) atoms. The molecule has 1 aromatic carbocycles. The van der Waals surface area contributed by atoms with Gasteiger partial charge in [-0.05, 0) is 32.0 Å². The third kappa shape index (κ3) is 5.27. The van der Waals surface area contributed by atoms with Crippen molar-refractivity contribution in [3.05, 3.63) is 64.7 Å². The van der Waals surface area contributed by atoms with Crippen molar-refractivity contribution in [1.29, 1.82) is 0 Å². The summed E-state index contributed by atoms with van der Waals surface area (Å²) in [7, 11) is 0. The first-order valence-corrected chi connectivity index (χ1v) is 11.2. The molecule has 0 spiro atoms. The highest BCUT2D eigenvalue weighted by Gasteiger charge is 2.45. The Labute approximate surface area is 204 Å². The number of carbonyl (C=O) groups is 3. The molecule has 2 atom stereocenters. The molecule has 0 bridgehead atoms. The van der Waals surface area contributed by atoms with E-state index in [1.54, 1.807) is 18.3 Å². The minimum absolute atomic E-state index is 0.0848. The van der Waals surface area contributed by atoms with Crippen molar-refractivity contribution in [3.63, 3.8) is 0 Å². The Morgan fingerprint density at radius 3 is 2.80 bits per heavy atom. The van der Waals surface area contributed by atoms with Crippen LogP contribution >= 0.6 is 11.6 Å². The van der Waals surface area contributed by atoms with Crippen molar-refractivity contribution >= 4 is 40.4 Å². The van der Waals surface area contributed by atoms with Crippen LogP contribution in [-0.4, -0.2) is 50.7 Å². The van der Waals surface area contributed by atoms with Gasteiger partial charge in [0.25, 0.3) is 0 Å². The van der Waals surface area contributed by atoms with E-state index in [1.165, 1.54) is 42.8 Å². The van der Waals surface area contributed by atoms with Crippen molar-refractivity contribution in [3.8, 4) is 0 Å². The van der Waals surface area contributed by atoms with Crippen LogP contribution in [0.25, 0.3) is 11.0 Å². The predicted molar refractivity (Wildman–Crippen MR) is 124 cm³/mol. The van der Waals surface area contributed by atoms with Crippen molar-refractivity contribution in [1.82, 2.24) is 19.8 Å². The molecule has 0 aliphatic carbocycles. The summed E-state index contributed by atoms with van der Waals surface area (Å²) < 4.78 is 35.7. The van der Waals surface area contributed by atoms with Gasteiger partial charge in [-0.3, -0.25) is 9.59 Å². The van der Waals surface area contributed by atoms with E-state index in [0.29, 0.717) is 16.6 Å². The number of alkyl carbamates (subject to hydrolysis) is 1. The first kappa shape index (κ1) is 24.6. The van der Waals surface area contributed by atoms with E-state index in [2.05, 4.69) is 10.3 Å². The van der Waals surface area contributed by atoms with E-state index in [1.807, 2.05) is 0 Å². The first-order valence-electron chi connectivity index (χ1n) is 10.9. The molecule has 4 rings (SSSR count). The van der Waals surface area contributed by atoms with Gasteiger partial charge in [-0.2, -0.15) is 0 Å². The largest absolute Gasteiger partial charge is 0.425 e. The fourth-order valence-electron chi connectivity index (χ4n) is 4.13. The Bertz CT molecular complexity index is 1310. The van der Waals surface area contributed by atoms with Gasteiger partial charge in [0.15, 0.2) is 12.0 Å². The van der Waals surface area contributed by atoms with Crippen LogP contribution < -0.4 is 5.32 Å². The first-order chi connectivity index (χ1) is 16.6. The fourth-order valence-corrected chi connectivity index (χ4v) is 4.32. The van der Waals surface area contributed by atoms with E-state index in [4.69, 9.17) is 16.3 Å². The van der Waals surface area contributed by atoms with Crippen LogP contribution in [0.5, 0.6) is 0 Å². The van der Waals surface area contributed by atoms with Crippen LogP contribution in [0.15, 0.2) is 42.7 Å². The summed E-state index contributed by atoms with van der Waals surface area (Å²) in [6, 6.07) is 7.79. The van der Waals surface area contributed by atoms with Crippen LogP contribution in [0.2, 0.25) is 5.02 Å². The van der Waals surface area contributed by atoms with Crippen LogP contribution in [-0.2, 0) is 22.6 Å². The normalized spacial score (nSPS) is 19.7. The topological polar surface area (TPSA) is 93.5 Å². The Morgan fingerprint density at radius 1 is 1.29 bits per heavy atom. The highest BCUT2D eigenvalue weighted by Crippen LogP contribution is 2.32. The van der Waals surface area contributed by atoms with Gasteiger partial charge in [0.05, 0.1) is 11.6 Å². The Morgan fingerprint density at radius 2 is 2.06 bits per heavy atom. The summed E-state index contributed by atoms with van der Waals surface area (Å²) in [4.78, 5) is 42.9. The SMILES string of the molecule is CC(=O)c1cn(CC(=O)N2C[C@](C)(F)C[C@@H]2OC(=O)NCc2cccc(Cl)c2F)c2ncccc12. The number of hydrogen-bond donors (Lipinski definition) is 1. The number of hydrogen-bond acceptors (Lipinski definition) is 5. The van der Waals surface area contributed by atoms with Gasteiger partial charge in [0, 0.05) is 41.9 Å². The number of rotatable bonds is 6. The Balaban J connectivity index is 1.47. The summed E-state index contributed by atoms with van der Waals surface area (Å²) in [6.45, 7) is 2.02. The van der Waals surface area contributed by atoms with E-state index in [9.17, 15) is 23.2 Å². The lowest BCUT2D eigenvalue weighted by atomic mass is 10.1. The lowest BCUT2D eigenvalue weighted by molar-refractivity contribution is -0.138. The number of halogens is 3. The molecule has 1 aliphatic heterocycles. The summed E-state index contributed by atoms with van der Waals surface area (Å²) >= 11 is 5.74. The molecule has 8 nitrogen and oxygen atoms in total. The standard InChI is InChI=1S/C24H23ClF2N4O4/c1-14(32)17-11-30(22-16(17)6-4-8-28-22)12-19(33)31-13-24(2,27)9-20(31)35-23(34)29-10-15-5-3-7-18(25)21(15)26/h3-8,11,20H,9-10,12-13H2,1-2H3,(H,29,34)/t20-,24+/m0/s1. The minimum atomic E-state index is -1.78. The molecule has 1 saturated heterocycles. The van der Waals surface area contributed by atoms with Crippen molar-refractivity contribution in [2.45, 2.75) is 45.3 Å². The summed E-state index contributed by atoms with van der Waals surface area (Å²) in [5.74, 6) is -1.36. The number of ketones is 1. The number of benzene rings is 1. The quantitative estimate of drug-likeness (QED) is 0.507. The van der Waals surface area contributed by atoms with Crippen molar-refractivity contribution < 1.29 is 27.9 Å². The molecule has 1 N–H and O–H groups in total. The number of aromatic nitrogens is 2. The lowest BCUT2D eigenvalue weighted by Crippen LogP contribution is -2.42. The number of Topliss-reactive ketones (excluding diaryl/α,β-unsaturated/α-hetero) is 1. The summed E-state index contributed by atoms with van der Waals surface area (Å²) in [5.41, 5.74) is -0.774. The fraction of sp³-hybridized carbons (Fsp3) is 0.333. The number of fused-ring (bicyclic) bond motifs is 1. The molecular weight excluding hydrogens is 482 g/mol. The molecule has 0 saturated carbocycles. The van der Waals surface area contributed by atoms with Gasteiger partial charge in [-0.25, -0.2) is 18.6 Å². The van der Waals surface area contributed by atoms with Crippen molar-refractivity contribution in [2.75, 3.05) is 6.54 Å². The van der Waals surface area contributed by atoms with Gasteiger partial charge in [-0.1, -0.05) is 23.7 Å². The molecule has 0 radical (unpaired) electrons. The zero-order valence-corrected chi connectivity index (χ0v) is 19.8. The molecule has 3 heterocycles. The molecule has 3 aromatic rings. The average molecular weight is 505 g/mol. The molecule has 2 aromatic heterocycles. The highest BCUT2D eigenvalue weighted by atomic mass is 35.5. The number of likely N-dealkylation sites (tertiary alicyclic amines) is 1. The van der Waals surface area contributed by atoms with Gasteiger partial charge >= 0.3 is 6.09 Å². The monoisotopic (exact) mass is 504 g/mol. The van der Waals surface area contributed by atoms with E-state index in [0.717, 1.165) is 4.90 Å². The van der Waals surface area contributed by atoms with Crippen LogP contribution in [0, 0.1) is 5.82 Å². The molecule has 1 fully saturated rings. The third-order valence-corrected chi connectivity index (χ3v) is 6.08. The Hall–Kier alpha value is -3.53. The number of carbonyl (C=O) groups excluding carboxylic acids is 3. The smallest absolute Gasteiger partial charge is 0.409 e. The number of ether oxygens (including phenoxy) is 1. The van der Waals surface area contributed by atoms with Crippen LogP contribution in [0.4, 0.5) is 13.6 Å². The minimum Gasteiger partial charge on any atom is -0.425 e. The maximum atomic E-state index is 14.8. The molecule has 184 valence electrons. The number of alkyl halides is 1. The second-order valence-corrected chi connectivity index (χ2v) is 9.07. The number of nitrogens with one attached hydrogen (secondary N) is 1. The third-order valence-electron chi connectivity index (χ3n) is 5.78. The van der Waals surface area contributed by atoms with Gasteiger partial charge < -0.3 is 19.5 Å². The predicted octanol–water partition coefficient (Wildman–Crippen LogP) is 4.24. The molecular formula is C24H23ClF2N4O4. The number of amides is 2. The van der Waals surface area contributed by atoms with E-state index in [-0.39, 0.29) is 42.4 Å². The van der Waals surface area contributed by atoms with E-state index >= 15 is 0 Å². The maximum Gasteiger partial charge on any atom is 0.409 e. The summed E-state index contributed by atoms with van der Waals surface area (Å²) in [5, 5.41) is 2.91. The molecule has 2 amide bonds. The zero-order chi connectivity index (χ0) is 25.3. The molecule has 1 aliphatic rings. The molecule has 0 unspecified atom stereocenters. The summed E-state index contributed by atoms with van der Waals surface area (Å²) in [6.07, 6.45) is 0.757. The Kier molecular flexibility index (Phi) is 6.75. The second kappa shape index (κ2) is 9.61. The second-order valence-electron chi connectivity index (χ2n) is 8.67. The van der Waals surface area contributed by atoms with Gasteiger partial charge in [0.2, 0.25) is 5.91 Å². The number of nitrogens with zero attached hydrogens (tertiary/aromatic N) is 3. The number of pyridine rings is 1. The average Bonchev–Trinajstić information content (AvgIpc) is 3.31. The molecule has 11 heteroatoms. The van der Waals surface area contributed by atoms with Crippen LogP contribution in [0.1, 0.15) is 36.2 Å². The van der Waals surface area contributed by atoms with Gasteiger partial charge in [0.1, 0.15) is 23.7 Å². The maximum absolute atomic E-state index is 14.8. The van der Waals surface area contributed by atoms with Gasteiger partial charge in [-0.15, -0.1) is 0 Å².